The van der Waals surface area contributed by atoms with E-state index in [0.29, 0.717) is 29.7 Å². The lowest BCUT2D eigenvalue weighted by atomic mass is 10.1. The molecule has 0 bridgehead atoms. The molecule has 1 fully saturated rings. The smallest absolute Gasteiger partial charge is 0.344 e. The van der Waals surface area contributed by atoms with E-state index >= 15 is 0 Å². The maximum absolute atomic E-state index is 12.0. The van der Waals surface area contributed by atoms with E-state index in [0.717, 1.165) is 32.3 Å². The van der Waals surface area contributed by atoms with Gasteiger partial charge in [-0.1, -0.05) is 6.07 Å². The van der Waals surface area contributed by atoms with Crippen molar-refractivity contribution in [3.8, 4) is 5.75 Å². The number of benzene rings is 1. The Morgan fingerprint density at radius 1 is 1.50 bits per heavy atom. The summed E-state index contributed by atoms with van der Waals surface area (Å²) in [4.78, 5) is 12.0. The second-order valence-corrected chi connectivity index (χ2v) is 4.84. The Morgan fingerprint density at radius 3 is 3.05 bits per heavy atom. The molecule has 0 aliphatic carbocycles. The van der Waals surface area contributed by atoms with Crippen LogP contribution in [0.3, 0.4) is 0 Å². The summed E-state index contributed by atoms with van der Waals surface area (Å²) in [7, 11) is 1.50. The molecule has 110 valence electrons. The molecule has 5 nitrogen and oxygen atoms in total. The summed E-state index contributed by atoms with van der Waals surface area (Å²) < 4.78 is 15.9. The van der Waals surface area contributed by atoms with Crippen molar-refractivity contribution in [2.24, 2.45) is 0 Å². The van der Waals surface area contributed by atoms with Gasteiger partial charge in [0.2, 0.25) is 0 Å². The fraction of sp³-hybridized carbons (Fsp3) is 0.533. The predicted octanol–water partition coefficient (Wildman–Crippen LogP) is 2.39. The normalized spacial score (nSPS) is 17.9. The number of hydrogen-bond donors (Lipinski definition) is 1. The Hall–Kier alpha value is -1.75. The molecule has 1 heterocycles. The molecule has 1 aromatic rings. The maximum atomic E-state index is 12.0. The fourth-order valence-electron chi connectivity index (χ4n) is 2.36. The van der Waals surface area contributed by atoms with Crippen molar-refractivity contribution in [1.82, 2.24) is 0 Å². The lowest BCUT2D eigenvalue weighted by Crippen LogP contribution is -2.12. The number of anilines is 1. The highest BCUT2D eigenvalue weighted by molar-refractivity contribution is 5.98. The summed E-state index contributed by atoms with van der Waals surface area (Å²) in [5.41, 5.74) is 6.47. The number of methoxy groups -OCH3 is 1. The van der Waals surface area contributed by atoms with Gasteiger partial charge in [-0.15, -0.1) is 0 Å². The number of hydrogen-bond acceptors (Lipinski definition) is 5. The molecule has 1 saturated heterocycles. The van der Waals surface area contributed by atoms with Crippen LogP contribution in [0.2, 0.25) is 0 Å². The van der Waals surface area contributed by atoms with Gasteiger partial charge in [-0.05, 0) is 37.8 Å². The Balaban J connectivity index is 1.82. The standard InChI is InChI=1S/C15H21NO4/c1-18-13-8-2-7-12(16)14(13)15(17)20-10-4-6-11-5-3-9-19-11/h2,7-8,11H,3-6,9-10,16H2,1H3. The first kappa shape index (κ1) is 14.7. The second-order valence-electron chi connectivity index (χ2n) is 4.84. The number of nitrogens with two attached hydrogens (primary N) is 1. The van der Waals surface area contributed by atoms with Crippen LogP contribution in [0, 0.1) is 0 Å². The predicted molar refractivity (Wildman–Crippen MR) is 75.9 cm³/mol. The van der Waals surface area contributed by atoms with E-state index in [2.05, 4.69) is 0 Å². The van der Waals surface area contributed by atoms with E-state index in [1.54, 1.807) is 18.2 Å². The van der Waals surface area contributed by atoms with Crippen molar-refractivity contribution >= 4 is 11.7 Å². The largest absolute Gasteiger partial charge is 0.496 e. The molecule has 2 N–H and O–H groups in total. The van der Waals surface area contributed by atoms with E-state index in [9.17, 15) is 4.79 Å². The number of nitrogen functional groups attached to an aromatic ring is 1. The highest BCUT2D eigenvalue weighted by Gasteiger charge is 2.18. The Morgan fingerprint density at radius 2 is 2.35 bits per heavy atom. The minimum absolute atomic E-state index is 0.298. The van der Waals surface area contributed by atoms with Crippen LogP contribution in [0.1, 0.15) is 36.0 Å². The van der Waals surface area contributed by atoms with Crippen molar-refractivity contribution in [2.75, 3.05) is 26.1 Å². The van der Waals surface area contributed by atoms with E-state index in [-0.39, 0.29) is 0 Å². The topological polar surface area (TPSA) is 70.8 Å². The van der Waals surface area contributed by atoms with Gasteiger partial charge in [0.15, 0.2) is 0 Å². The third-order valence-corrected chi connectivity index (χ3v) is 3.41. The molecule has 5 heteroatoms. The van der Waals surface area contributed by atoms with Gasteiger partial charge in [0.25, 0.3) is 0 Å². The van der Waals surface area contributed by atoms with Crippen molar-refractivity contribution in [2.45, 2.75) is 31.8 Å². The highest BCUT2D eigenvalue weighted by atomic mass is 16.5. The summed E-state index contributed by atoms with van der Waals surface area (Å²) in [6.45, 7) is 1.22. The van der Waals surface area contributed by atoms with Gasteiger partial charge in [0, 0.05) is 12.3 Å². The molecule has 0 aromatic heterocycles. The average molecular weight is 279 g/mol. The third kappa shape index (κ3) is 3.63. The Bertz CT molecular complexity index is 455. The van der Waals surface area contributed by atoms with Gasteiger partial charge in [-0.25, -0.2) is 4.79 Å². The summed E-state index contributed by atoms with van der Waals surface area (Å²) in [6, 6.07) is 5.09. The van der Waals surface area contributed by atoms with Crippen LogP contribution >= 0.6 is 0 Å². The maximum Gasteiger partial charge on any atom is 0.344 e. The first-order valence-electron chi connectivity index (χ1n) is 6.93. The van der Waals surface area contributed by atoms with E-state index in [1.165, 1.54) is 7.11 Å². The Labute approximate surface area is 119 Å². The van der Waals surface area contributed by atoms with Crippen LogP contribution in [0.4, 0.5) is 5.69 Å². The zero-order chi connectivity index (χ0) is 14.4. The van der Waals surface area contributed by atoms with Gasteiger partial charge >= 0.3 is 5.97 Å². The molecule has 1 unspecified atom stereocenters. The second kappa shape index (κ2) is 7.14. The van der Waals surface area contributed by atoms with Crippen LogP contribution < -0.4 is 10.5 Å². The summed E-state index contributed by atoms with van der Waals surface area (Å²) in [5.74, 6) is 0.00131. The van der Waals surface area contributed by atoms with Crippen LogP contribution in [-0.2, 0) is 9.47 Å². The molecule has 20 heavy (non-hydrogen) atoms. The minimum Gasteiger partial charge on any atom is -0.496 e. The quantitative estimate of drug-likeness (QED) is 0.492. The SMILES string of the molecule is COc1cccc(N)c1C(=O)OCCCC1CCCO1. The monoisotopic (exact) mass is 279 g/mol. The first-order chi connectivity index (χ1) is 9.72. The molecule has 1 aliphatic heterocycles. The van der Waals surface area contributed by atoms with Crippen LogP contribution in [-0.4, -0.2) is 32.4 Å². The first-order valence-corrected chi connectivity index (χ1v) is 6.93. The van der Waals surface area contributed by atoms with Crippen molar-refractivity contribution in [1.29, 1.82) is 0 Å². The molecule has 0 amide bonds. The zero-order valence-electron chi connectivity index (χ0n) is 11.8. The van der Waals surface area contributed by atoms with Crippen LogP contribution in [0.25, 0.3) is 0 Å². The minimum atomic E-state index is -0.438. The van der Waals surface area contributed by atoms with E-state index < -0.39 is 5.97 Å². The molecule has 0 spiro atoms. The molecule has 1 aromatic carbocycles. The number of carbonyl (C=O) groups is 1. The van der Waals surface area contributed by atoms with Crippen molar-refractivity contribution in [3.05, 3.63) is 23.8 Å². The number of ether oxygens (including phenoxy) is 3. The van der Waals surface area contributed by atoms with Crippen LogP contribution in [0.5, 0.6) is 5.75 Å². The fourth-order valence-corrected chi connectivity index (χ4v) is 2.36. The number of rotatable bonds is 6. The molecule has 0 radical (unpaired) electrons. The van der Waals surface area contributed by atoms with Gasteiger partial charge < -0.3 is 19.9 Å². The number of esters is 1. The molecule has 1 aliphatic rings. The van der Waals surface area contributed by atoms with Crippen LogP contribution in [0.15, 0.2) is 18.2 Å². The lowest BCUT2D eigenvalue weighted by Gasteiger charge is -2.12. The Kier molecular flexibility index (Phi) is 5.24. The number of carbonyl (C=O) groups excluding carboxylic acids is 1. The summed E-state index contributed by atoms with van der Waals surface area (Å²) >= 11 is 0. The van der Waals surface area contributed by atoms with E-state index in [4.69, 9.17) is 19.9 Å². The highest BCUT2D eigenvalue weighted by Crippen LogP contribution is 2.25. The van der Waals surface area contributed by atoms with Crippen molar-refractivity contribution < 1.29 is 19.0 Å². The molecule has 0 saturated carbocycles. The van der Waals surface area contributed by atoms with Gasteiger partial charge in [0.05, 0.1) is 19.8 Å². The lowest BCUT2D eigenvalue weighted by molar-refractivity contribution is 0.0459. The van der Waals surface area contributed by atoms with Gasteiger partial charge in [-0.2, -0.15) is 0 Å². The van der Waals surface area contributed by atoms with Gasteiger partial charge in [-0.3, -0.25) is 0 Å². The van der Waals surface area contributed by atoms with Crippen molar-refractivity contribution in [3.63, 3.8) is 0 Å². The summed E-state index contributed by atoms with van der Waals surface area (Å²) in [5, 5.41) is 0. The summed E-state index contributed by atoms with van der Waals surface area (Å²) in [6.07, 6.45) is 4.28. The van der Waals surface area contributed by atoms with E-state index in [1.807, 2.05) is 0 Å². The average Bonchev–Trinajstić information content (AvgIpc) is 2.96. The zero-order valence-corrected chi connectivity index (χ0v) is 11.8. The third-order valence-electron chi connectivity index (χ3n) is 3.41. The van der Waals surface area contributed by atoms with Gasteiger partial charge in [0.1, 0.15) is 11.3 Å². The molecule has 2 rings (SSSR count). The molecular weight excluding hydrogens is 258 g/mol. The molecule has 1 atom stereocenters. The molecular formula is C15H21NO4.